The first-order valence-corrected chi connectivity index (χ1v) is 14.1. The van der Waals surface area contributed by atoms with E-state index in [0.29, 0.717) is 34.3 Å². The molecule has 1 atom stereocenters. The summed E-state index contributed by atoms with van der Waals surface area (Å²) in [6.07, 6.45) is 6.08. The number of ether oxygens (including phenoxy) is 6. The quantitative estimate of drug-likeness (QED) is 0.244. The van der Waals surface area contributed by atoms with Gasteiger partial charge in [0.2, 0.25) is 18.1 Å². The highest BCUT2D eigenvalue weighted by Gasteiger charge is 2.45. The molecule has 0 saturated carbocycles. The van der Waals surface area contributed by atoms with Crippen molar-refractivity contribution in [2.45, 2.75) is 25.0 Å². The normalized spacial score (nSPS) is 18.5. The summed E-state index contributed by atoms with van der Waals surface area (Å²) in [4.78, 5) is 16.4. The lowest BCUT2D eigenvalue weighted by molar-refractivity contribution is -0.160. The average molecular weight is 566 g/mol. The summed E-state index contributed by atoms with van der Waals surface area (Å²) in [7, 11) is 3.19. The van der Waals surface area contributed by atoms with Crippen molar-refractivity contribution in [3.63, 3.8) is 0 Å². The molecule has 8 nitrogen and oxygen atoms in total. The fraction of sp³-hybridized carbons (Fsp3) is 0.265. The van der Waals surface area contributed by atoms with Crippen LogP contribution >= 0.6 is 0 Å². The highest BCUT2D eigenvalue weighted by atomic mass is 16.7. The lowest BCUT2D eigenvalue weighted by Gasteiger charge is -2.34. The fourth-order valence-corrected chi connectivity index (χ4v) is 5.89. The van der Waals surface area contributed by atoms with E-state index >= 15 is 0 Å². The minimum Gasteiger partial charge on any atom is -0.497 e. The third-order valence-corrected chi connectivity index (χ3v) is 8.16. The van der Waals surface area contributed by atoms with Gasteiger partial charge in [-0.1, -0.05) is 36.4 Å². The number of nitrogens with zero attached hydrogens (tertiary/aromatic N) is 1. The number of anilines is 1. The van der Waals surface area contributed by atoms with Gasteiger partial charge in [-0.3, -0.25) is 0 Å². The number of hydrogen-bond acceptors (Lipinski definition) is 8. The minimum absolute atomic E-state index is 0.103. The zero-order valence-corrected chi connectivity index (χ0v) is 23.6. The summed E-state index contributed by atoms with van der Waals surface area (Å²) in [6.45, 7) is 2.37. The molecule has 214 valence electrons. The van der Waals surface area contributed by atoms with Crippen LogP contribution in [0.2, 0.25) is 0 Å². The maximum atomic E-state index is 14.1. The van der Waals surface area contributed by atoms with Gasteiger partial charge in [-0.05, 0) is 60.9 Å². The molecule has 1 unspecified atom stereocenters. The molecule has 42 heavy (non-hydrogen) atoms. The van der Waals surface area contributed by atoms with Gasteiger partial charge in [0.1, 0.15) is 18.1 Å². The van der Waals surface area contributed by atoms with Crippen molar-refractivity contribution in [2.24, 2.45) is 0 Å². The molecule has 0 bridgehead atoms. The Morgan fingerprint density at radius 1 is 0.881 bits per heavy atom. The van der Waals surface area contributed by atoms with Gasteiger partial charge in [0, 0.05) is 40.7 Å². The second kappa shape index (κ2) is 10.5. The smallest absolute Gasteiger partial charge is 0.359 e. The number of rotatable bonds is 7. The first-order chi connectivity index (χ1) is 20.6. The van der Waals surface area contributed by atoms with Crippen LogP contribution in [0.5, 0.6) is 28.7 Å². The molecule has 1 fully saturated rings. The van der Waals surface area contributed by atoms with Crippen molar-refractivity contribution >= 4 is 28.5 Å². The monoisotopic (exact) mass is 565 g/mol. The first kappa shape index (κ1) is 26.1. The lowest BCUT2D eigenvalue weighted by Crippen LogP contribution is -2.42. The average Bonchev–Trinajstić information content (AvgIpc) is 3.75. The number of methoxy groups -OCH3 is 2. The standard InChI is InChI=1S/C34H31NO7/c1-37-26-12-8-24(9-13-26)34(33(36)39-20-22-5-10-25(11-6-22)35-17-3-4-18-35)16-15-23-7-14-27-28(30(23)42-34)19-29-32(31(27)38-2)41-21-40-29/h5-16,19H,3-4,17-18,20-21H2,1-2H3. The molecule has 0 spiro atoms. The Bertz CT molecular complexity index is 1670. The first-order valence-electron chi connectivity index (χ1n) is 14.1. The minimum atomic E-state index is -1.54. The van der Waals surface area contributed by atoms with E-state index in [-0.39, 0.29) is 13.4 Å². The van der Waals surface area contributed by atoms with Crippen molar-refractivity contribution in [3.8, 4) is 28.7 Å². The second-order valence-electron chi connectivity index (χ2n) is 10.6. The van der Waals surface area contributed by atoms with E-state index in [1.807, 2.05) is 48.5 Å². The lowest BCUT2D eigenvalue weighted by atomic mass is 9.89. The van der Waals surface area contributed by atoms with Crippen LogP contribution in [0.3, 0.4) is 0 Å². The highest BCUT2D eigenvalue weighted by Crippen LogP contribution is 2.51. The molecule has 8 heteroatoms. The third kappa shape index (κ3) is 4.34. The molecule has 4 aromatic rings. The van der Waals surface area contributed by atoms with E-state index in [0.717, 1.165) is 35.0 Å². The highest BCUT2D eigenvalue weighted by molar-refractivity contribution is 6.01. The molecule has 4 aromatic carbocycles. The fourth-order valence-electron chi connectivity index (χ4n) is 5.89. The number of esters is 1. The van der Waals surface area contributed by atoms with Crippen molar-refractivity contribution in [3.05, 3.63) is 89.5 Å². The number of fused-ring (bicyclic) bond motifs is 4. The van der Waals surface area contributed by atoms with Gasteiger partial charge < -0.3 is 33.3 Å². The van der Waals surface area contributed by atoms with Crippen molar-refractivity contribution < 1.29 is 33.2 Å². The SMILES string of the molecule is COc1ccc(C2(C(=O)OCc3ccc(N4CCCC4)cc3)C=Cc3ccc4c(OC)c5c(cc4c3O2)OCO5)cc1. The van der Waals surface area contributed by atoms with Gasteiger partial charge in [-0.15, -0.1) is 0 Å². The van der Waals surface area contributed by atoms with E-state index in [9.17, 15) is 4.79 Å². The molecule has 0 amide bonds. The number of hydrogen-bond donors (Lipinski definition) is 0. The summed E-state index contributed by atoms with van der Waals surface area (Å²) in [5, 5.41) is 1.52. The predicted octanol–water partition coefficient (Wildman–Crippen LogP) is 6.23. The molecule has 0 N–H and O–H groups in total. The molecular formula is C34H31NO7. The van der Waals surface area contributed by atoms with Crippen LogP contribution in [0, 0.1) is 0 Å². The summed E-state index contributed by atoms with van der Waals surface area (Å²) < 4.78 is 35.1. The van der Waals surface area contributed by atoms with Crippen LogP contribution in [-0.2, 0) is 21.7 Å². The van der Waals surface area contributed by atoms with Crippen molar-refractivity contribution in [2.75, 3.05) is 39.0 Å². The van der Waals surface area contributed by atoms with Crippen LogP contribution in [-0.4, -0.2) is 40.1 Å². The topological polar surface area (TPSA) is 75.7 Å². The van der Waals surface area contributed by atoms with Gasteiger partial charge in [-0.25, -0.2) is 4.79 Å². The maximum absolute atomic E-state index is 14.1. The van der Waals surface area contributed by atoms with Crippen molar-refractivity contribution in [1.82, 2.24) is 0 Å². The Morgan fingerprint density at radius 3 is 2.40 bits per heavy atom. The number of carbonyl (C=O) groups is 1. The Labute approximate surface area is 244 Å². The van der Waals surface area contributed by atoms with Gasteiger partial charge in [0.15, 0.2) is 11.5 Å². The van der Waals surface area contributed by atoms with E-state index in [1.54, 1.807) is 32.4 Å². The zero-order valence-electron chi connectivity index (χ0n) is 23.6. The van der Waals surface area contributed by atoms with E-state index in [2.05, 4.69) is 17.0 Å². The van der Waals surface area contributed by atoms with Crippen LogP contribution in [0.15, 0.2) is 72.8 Å². The maximum Gasteiger partial charge on any atom is 0.359 e. The summed E-state index contributed by atoms with van der Waals surface area (Å²) in [6, 6.07) is 21.2. The zero-order chi connectivity index (χ0) is 28.7. The molecule has 0 aromatic heterocycles. The van der Waals surface area contributed by atoms with Gasteiger partial charge >= 0.3 is 5.97 Å². The summed E-state index contributed by atoms with van der Waals surface area (Å²) in [5.41, 5.74) is 1.99. The molecule has 7 rings (SSSR count). The third-order valence-electron chi connectivity index (χ3n) is 8.16. The molecule has 3 aliphatic heterocycles. The molecule has 0 radical (unpaired) electrons. The van der Waals surface area contributed by atoms with Gasteiger partial charge in [-0.2, -0.15) is 0 Å². The summed E-state index contributed by atoms with van der Waals surface area (Å²) in [5.74, 6) is 2.32. The van der Waals surface area contributed by atoms with E-state index in [4.69, 9.17) is 28.4 Å². The second-order valence-corrected chi connectivity index (χ2v) is 10.6. The number of benzene rings is 4. The Morgan fingerprint density at radius 2 is 1.67 bits per heavy atom. The van der Waals surface area contributed by atoms with Crippen LogP contribution in [0.25, 0.3) is 16.8 Å². The summed E-state index contributed by atoms with van der Waals surface area (Å²) >= 11 is 0. The number of carbonyl (C=O) groups excluding carboxylic acids is 1. The molecular weight excluding hydrogens is 534 g/mol. The Hall–Kier alpha value is -4.85. The predicted molar refractivity (Wildman–Crippen MR) is 159 cm³/mol. The van der Waals surface area contributed by atoms with Crippen LogP contribution < -0.4 is 28.6 Å². The van der Waals surface area contributed by atoms with Crippen molar-refractivity contribution in [1.29, 1.82) is 0 Å². The molecule has 3 aliphatic rings. The van der Waals surface area contributed by atoms with E-state index < -0.39 is 11.6 Å². The Kier molecular flexibility index (Phi) is 6.53. The van der Waals surface area contributed by atoms with Gasteiger partial charge in [0.25, 0.3) is 0 Å². The van der Waals surface area contributed by atoms with Crippen LogP contribution in [0.1, 0.15) is 29.5 Å². The largest absolute Gasteiger partial charge is 0.497 e. The van der Waals surface area contributed by atoms with E-state index in [1.165, 1.54) is 18.5 Å². The van der Waals surface area contributed by atoms with Gasteiger partial charge in [0.05, 0.1) is 14.2 Å². The molecule has 0 aliphatic carbocycles. The van der Waals surface area contributed by atoms with Crippen LogP contribution in [0.4, 0.5) is 5.69 Å². The Balaban J connectivity index is 1.25. The molecule has 1 saturated heterocycles. The molecule has 3 heterocycles.